The van der Waals surface area contributed by atoms with Gasteiger partial charge in [-0.1, -0.05) is 11.6 Å². The number of halogens is 4. The van der Waals surface area contributed by atoms with Crippen LogP contribution in [0.15, 0.2) is 23.3 Å². The standard InChI is InChI=1S/C16H16ClF3N4O3/c1-2-27-14(25)12-4-10(16(18,19)20)5-13-22-23(15(26)24(12)13)8-9-3-11(17)7-21-6-9/h3,6-7,10,12H,2,4-5,8H2,1H3. The van der Waals surface area contributed by atoms with Crippen molar-refractivity contribution in [3.05, 3.63) is 45.4 Å². The van der Waals surface area contributed by atoms with E-state index in [0.29, 0.717) is 10.6 Å². The van der Waals surface area contributed by atoms with Gasteiger partial charge in [0.2, 0.25) is 0 Å². The largest absolute Gasteiger partial charge is 0.464 e. The fraction of sp³-hybridized carbons (Fsp3) is 0.500. The Balaban J connectivity index is 2.00. The lowest BCUT2D eigenvalue weighted by Crippen LogP contribution is -2.41. The van der Waals surface area contributed by atoms with E-state index in [0.717, 1.165) is 9.25 Å². The van der Waals surface area contributed by atoms with Gasteiger partial charge in [0, 0.05) is 18.8 Å². The summed E-state index contributed by atoms with van der Waals surface area (Å²) in [4.78, 5) is 28.8. The van der Waals surface area contributed by atoms with Gasteiger partial charge in [0.1, 0.15) is 11.9 Å². The number of aromatic nitrogens is 4. The number of carbonyl (C=O) groups is 1. The molecule has 27 heavy (non-hydrogen) atoms. The minimum atomic E-state index is -4.51. The monoisotopic (exact) mass is 404 g/mol. The Morgan fingerprint density at radius 2 is 2.15 bits per heavy atom. The molecule has 0 radical (unpaired) electrons. The number of pyridine rings is 1. The van der Waals surface area contributed by atoms with E-state index in [1.54, 1.807) is 13.0 Å². The first kappa shape index (κ1) is 19.4. The molecule has 2 unspecified atom stereocenters. The third-order valence-corrected chi connectivity index (χ3v) is 4.51. The minimum Gasteiger partial charge on any atom is -0.464 e. The second kappa shape index (κ2) is 7.34. The summed E-state index contributed by atoms with van der Waals surface area (Å²) in [6.45, 7) is 1.51. The number of esters is 1. The van der Waals surface area contributed by atoms with Gasteiger partial charge in [-0.2, -0.15) is 18.3 Å². The number of hydrogen-bond acceptors (Lipinski definition) is 5. The van der Waals surface area contributed by atoms with Crippen LogP contribution in [0.1, 0.15) is 30.8 Å². The van der Waals surface area contributed by atoms with Crippen molar-refractivity contribution >= 4 is 17.6 Å². The van der Waals surface area contributed by atoms with Gasteiger partial charge in [-0.25, -0.2) is 14.3 Å². The summed E-state index contributed by atoms with van der Waals surface area (Å²) in [7, 11) is 0. The number of nitrogens with zero attached hydrogens (tertiary/aromatic N) is 4. The van der Waals surface area contributed by atoms with E-state index in [1.807, 2.05) is 0 Å². The first-order valence-corrected chi connectivity index (χ1v) is 8.59. The molecule has 7 nitrogen and oxygen atoms in total. The van der Waals surface area contributed by atoms with Gasteiger partial charge in [-0.3, -0.25) is 9.55 Å². The summed E-state index contributed by atoms with van der Waals surface area (Å²) in [6, 6.07) is 0.208. The van der Waals surface area contributed by atoms with Gasteiger partial charge in [0.25, 0.3) is 0 Å². The Hall–Kier alpha value is -2.36. The lowest BCUT2D eigenvalue weighted by molar-refractivity contribution is -0.184. The van der Waals surface area contributed by atoms with Gasteiger partial charge < -0.3 is 4.74 Å². The van der Waals surface area contributed by atoms with Crippen molar-refractivity contribution in [3.63, 3.8) is 0 Å². The molecule has 0 bridgehead atoms. The molecular formula is C16H16ClF3N4O3. The number of hydrogen-bond donors (Lipinski definition) is 0. The van der Waals surface area contributed by atoms with Crippen molar-refractivity contribution in [2.24, 2.45) is 5.92 Å². The van der Waals surface area contributed by atoms with Crippen molar-refractivity contribution in [3.8, 4) is 0 Å². The van der Waals surface area contributed by atoms with Crippen LogP contribution in [-0.2, 0) is 22.5 Å². The summed E-state index contributed by atoms with van der Waals surface area (Å²) >= 11 is 5.86. The van der Waals surface area contributed by atoms with Crippen LogP contribution in [0.3, 0.4) is 0 Å². The Bertz CT molecular complexity index is 909. The maximum absolute atomic E-state index is 13.3. The summed E-state index contributed by atoms with van der Waals surface area (Å²) in [5.74, 6) is -2.75. The highest BCUT2D eigenvalue weighted by molar-refractivity contribution is 6.30. The van der Waals surface area contributed by atoms with Crippen molar-refractivity contribution in [2.45, 2.75) is 38.5 Å². The van der Waals surface area contributed by atoms with E-state index in [4.69, 9.17) is 16.3 Å². The highest BCUT2D eigenvalue weighted by Crippen LogP contribution is 2.38. The number of rotatable bonds is 4. The van der Waals surface area contributed by atoms with Gasteiger partial charge in [0.15, 0.2) is 0 Å². The normalized spacial score (nSPS) is 19.6. The lowest BCUT2D eigenvalue weighted by atomic mass is 9.91. The van der Waals surface area contributed by atoms with Gasteiger partial charge in [0.05, 0.1) is 24.1 Å². The molecule has 0 aromatic carbocycles. The van der Waals surface area contributed by atoms with Crippen LogP contribution in [0.5, 0.6) is 0 Å². The first-order chi connectivity index (χ1) is 12.7. The fourth-order valence-corrected chi connectivity index (χ4v) is 3.30. The topological polar surface area (TPSA) is 79.0 Å². The fourth-order valence-electron chi connectivity index (χ4n) is 3.10. The molecule has 3 rings (SSSR count). The highest BCUT2D eigenvalue weighted by Gasteiger charge is 2.47. The number of alkyl halides is 3. The summed E-state index contributed by atoms with van der Waals surface area (Å²) in [5.41, 5.74) is -0.122. The van der Waals surface area contributed by atoms with Crippen molar-refractivity contribution in [1.29, 1.82) is 0 Å². The first-order valence-electron chi connectivity index (χ1n) is 8.21. The summed E-state index contributed by atoms with van der Waals surface area (Å²) in [6.07, 6.45) is -2.66. The maximum atomic E-state index is 13.3. The number of carbonyl (C=O) groups excluding carboxylic acids is 1. The molecular weight excluding hydrogens is 389 g/mol. The molecule has 0 fully saturated rings. The van der Waals surface area contributed by atoms with Gasteiger partial charge in [-0.05, 0) is 25.0 Å². The Kier molecular flexibility index (Phi) is 5.27. The minimum absolute atomic E-state index is 0.00156. The van der Waals surface area contributed by atoms with E-state index >= 15 is 0 Å². The van der Waals surface area contributed by atoms with Crippen LogP contribution in [0.25, 0.3) is 0 Å². The zero-order chi connectivity index (χ0) is 19.8. The molecule has 0 N–H and O–H groups in total. The average Bonchev–Trinajstić information content (AvgIpc) is 2.89. The Labute approximate surface area is 156 Å². The van der Waals surface area contributed by atoms with E-state index in [1.165, 1.54) is 12.4 Å². The van der Waals surface area contributed by atoms with E-state index in [9.17, 15) is 22.8 Å². The van der Waals surface area contributed by atoms with E-state index in [2.05, 4.69) is 10.1 Å². The quantitative estimate of drug-likeness (QED) is 0.731. The van der Waals surface area contributed by atoms with Crippen LogP contribution in [0, 0.1) is 5.92 Å². The molecule has 146 valence electrons. The average molecular weight is 405 g/mol. The molecule has 0 aliphatic carbocycles. The third kappa shape index (κ3) is 4.00. The predicted octanol–water partition coefficient (Wildman–Crippen LogP) is 2.37. The maximum Gasteiger partial charge on any atom is 0.392 e. The Morgan fingerprint density at radius 1 is 1.41 bits per heavy atom. The van der Waals surface area contributed by atoms with Crippen LogP contribution in [0.4, 0.5) is 13.2 Å². The van der Waals surface area contributed by atoms with Gasteiger partial charge >= 0.3 is 17.8 Å². The zero-order valence-electron chi connectivity index (χ0n) is 14.2. The molecule has 2 aromatic rings. The number of fused-ring (bicyclic) bond motifs is 1. The molecule has 2 atom stereocenters. The lowest BCUT2D eigenvalue weighted by Gasteiger charge is -2.29. The van der Waals surface area contributed by atoms with Crippen LogP contribution >= 0.6 is 11.6 Å². The molecule has 3 heterocycles. The van der Waals surface area contributed by atoms with Crippen LogP contribution in [-0.4, -0.2) is 38.1 Å². The van der Waals surface area contributed by atoms with Crippen molar-refractivity contribution in [2.75, 3.05) is 6.61 Å². The van der Waals surface area contributed by atoms with Gasteiger partial charge in [-0.15, -0.1) is 0 Å². The number of ether oxygens (including phenoxy) is 1. The SMILES string of the molecule is CCOC(=O)C1CC(C(F)(F)F)Cc2nn(Cc3cncc(Cl)c3)c(=O)n21. The Morgan fingerprint density at radius 3 is 2.78 bits per heavy atom. The summed E-state index contributed by atoms with van der Waals surface area (Å²) < 4.78 is 46.7. The third-order valence-electron chi connectivity index (χ3n) is 4.30. The van der Waals surface area contributed by atoms with Crippen molar-refractivity contribution in [1.82, 2.24) is 19.3 Å². The molecule has 11 heteroatoms. The molecule has 0 amide bonds. The molecule has 1 aliphatic heterocycles. The van der Waals surface area contributed by atoms with E-state index < -0.39 is 42.6 Å². The predicted molar refractivity (Wildman–Crippen MR) is 88.4 cm³/mol. The highest BCUT2D eigenvalue weighted by atomic mass is 35.5. The van der Waals surface area contributed by atoms with Crippen LogP contribution in [0.2, 0.25) is 5.02 Å². The smallest absolute Gasteiger partial charge is 0.392 e. The van der Waals surface area contributed by atoms with Crippen molar-refractivity contribution < 1.29 is 22.7 Å². The second-order valence-corrected chi connectivity index (χ2v) is 6.62. The van der Waals surface area contributed by atoms with E-state index in [-0.39, 0.29) is 19.0 Å². The molecule has 1 aliphatic rings. The second-order valence-electron chi connectivity index (χ2n) is 6.18. The molecule has 0 spiro atoms. The van der Waals surface area contributed by atoms with Crippen LogP contribution < -0.4 is 5.69 Å². The molecule has 2 aromatic heterocycles. The summed E-state index contributed by atoms with van der Waals surface area (Å²) in [5, 5.41) is 4.37. The molecule has 0 saturated carbocycles. The zero-order valence-corrected chi connectivity index (χ0v) is 15.0. The molecule has 0 saturated heterocycles.